The first-order valence-electron chi connectivity index (χ1n) is 14.1. The highest BCUT2D eigenvalue weighted by molar-refractivity contribution is 6.09. The van der Waals surface area contributed by atoms with E-state index in [0.717, 1.165) is 49.8 Å². The largest absolute Gasteiger partial charge is 0.506 e. The minimum atomic E-state index is 0.00749. The molecule has 0 bridgehead atoms. The number of phenolic OH excluding ortho intramolecular Hbond substituents is 1. The van der Waals surface area contributed by atoms with Crippen molar-refractivity contribution in [1.29, 1.82) is 0 Å². The summed E-state index contributed by atoms with van der Waals surface area (Å²) in [6.07, 6.45) is 0. The second-order valence-corrected chi connectivity index (χ2v) is 11.8. The van der Waals surface area contributed by atoms with Gasteiger partial charge in [-0.05, 0) is 65.4 Å². The van der Waals surface area contributed by atoms with E-state index < -0.39 is 0 Å². The molecule has 0 radical (unpaired) electrons. The summed E-state index contributed by atoms with van der Waals surface area (Å²) in [6, 6.07) is 36.4. The van der Waals surface area contributed by atoms with Gasteiger partial charge in [-0.3, -0.25) is 4.57 Å². The monoisotopic (exact) mass is 549 g/mol. The quantitative estimate of drug-likeness (QED) is 0.237. The summed E-state index contributed by atoms with van der Waals surface area (Å²) in [7, 11) is 0. The number of nitrogens with zero attached hydrogens (tertiary/aromatic N) is 3. The molecule has 0 aliphatic heterocycles. The Kier molecular flexibility index (Phi) is 5.98. The molecule has 42 heavy (non-hydrogen) atoms. The molecular formula is C37H31N3O2. The van der Waals surface area contributed by atoms with E-state index in [9.17, 15) is 5.11 Å². The van der Waals surface area contributed by atoms with Crippen LogP contribution in [0.15, 0.2) is 109 Å². The van der Waals surface area contributed by atoms with Crippen molar-refractivity contribution in [3.05, 3.63) is 120 Å². The molecule has 206 valence electrons. The summed E-state index contributed by atoms with van der Waals surface area (Å²) < 4.78 is 8.66. The smallest absolute Gasteiger partial charge is 0.220 e. The van der Waals surface area contributed by atoms with Crippen LogP contribution in [0.5, 0.6) is 17.4 Å². The highest BCUT2D eigenvalue weighted by Crippen LogP contribution is 2.39. The summed E-state index contributed by atoms with van der Waals surface area (Å²) in [4.78, 5) is 9.61. The average Bonchev–Trinajstić information content (AvgIpc) is 3.30. The molecule has 0 aliphatic carbocycles. The van der Waals surface area contributed by atoms with E-state index in [0.29, 0.717) is 17.1 Å². The third-order valence-electron chi connectivity index (χ3n) is 7.81. The predicted molar refractivity (Wildman–Crippen MR) is 171 cm³/mol. The van der Waals surface area contributed by atoms with Crippen LogP contribution in [0, 0.1) is 6.92 Å². The number of hydrogen-bond acceptors (Lipinski definition) is 4. The Morgan fingerprint density at radius 1 is 0.690 bits per heavy atom. The van der Waals surface area contributed by atoms with E-state index in [1.165, 1.54) is 5.56 Å². The van der Waals surface area contributed by atoms with Crippen LogP contribution in [0.1, 0.15) is 32.0 Å². The third-order valence-corrected chi connectivity index (χ3v) is 7.81. The molecule has 0 saturated carbocycles. The van der Waals surface area contributed by atoms with Crippen molar-refractivity contribution in [3.63, 3.8) is 0 Å². The minimum absolute atomic E-state index is 0.00749. The lowest BCUT2D eigenvalue weighted by Crippen LogP contribution is -2.11. The van der Waals surface area contributed by atoms with E-state index in [2.05, 4.69) is 55.7 Å². The topological polar surface area (TPSA) is 60.2 Å². The average molecular weight is 550 g/mol. The van der Waals surface area contributed by atoms with Crippen LogP contribution in [0.4, 0.5) is 0 Å². The normalized spacial score (nSPS) is 11.9. The molecule has 4 aromatic carbocycles. The summed E-state index contributed by atoms with van der Waals surface area (Å²) in [5.74, 6) is 2.04. The molecule has 0 atom stereocenters. The van der Waals surface area contributed by atoms with Gasteiger partial charge in [0, 0.05) is 34.0 Å². The van der Waals surface area contributed by atoms with Crippen molar-refractivity contribution in [1.82, 2.24) is 14.5 Å². The van der Waals surface area contributed by atoms with Crippen molar-refractivity contribution < 1.29 is 9.84 Å². The van der Waals surface area contributed by atoms with Gasteiger partial charge in [-0.1, -0.05) is 81.4 Å². The lowest BCUT2D eigenvalue weighted by atomic mass is 9.86. The van der Waals surface area contributed by atoms with Crippen LogP contribution in [-0.4, -0.2) is 19.6 Å². The molecule has 3 aromatic heterocycles. The number of hydrogen-bond donors (Lipinski definition) is 1. The maximum Gasteiger partial charge on any atom is 0.220 e. The Morgan fingerprint density at radius 3 is 2.19 bits per heavy atom. The molecular weight excluding hydrogens is 518 g/mol. The summed E-state index contributed by atoms with van der Waals surface area (Å²) >= 11 is 0. The van der Waals surface area contributed by atoms with Gasteiger partial charge < -0.3 is 9.84 Å². The van der Waals surface area contributed by atoms with Crippen LogP contribution < -0.4 is 4.74 Å². The minimum Gasteiger partial charge on any atom is -0.506 e. The van der Waals surface area contributed by atoms with Crippen LogP contribution in [0.2, 0.25) is 0 Å². The van der Waals surface area contributed by atoms with Crippen LogP contribution in [-0.2, 0) is 5.41 Å². The molecule has 7 aromatic rings. The van der Waals surface area contributed by atoms with Gasteiger partial charge in [0.1, 0.15) is 22.8 Å². The number of para-hydroxylation sites is 1. The fourth-order valence-corrected chi connectivity index (χ4v) is 5.67. The molecule has 0 fully saturated rings. The van der Waals surface area contributed by atoms with Gasteiger partial charge in [-0.25, -0.2) is 9.97 Å². The van der Waals surface area contributed by atoms with Crippen LogP contribution in [0.3, 0.4) is 0 Å². The Bertz CT molecular complexity index is 2120. The van der Waals surface area contributed by atoms with Gasteiger partial charge in [0.2, 0.25) is 5.88 Å². The first kappa shape index (κ1) is 25.8. The lowest BCUT2D eigenvalue weighted by Gasteiger charge is -2.19. The van der Waals surface area contributed by atoms with Gasteiger partial charge in [0.05, 0.1) is 11.0 Å². The number of ether oxygens (including phenoxy) is 1. The van der Waals surface area contributed by atoms with Crippen molar-refractivity contribution >= 4 is 32.7 Å². The standard InChI is InChI=1S/C37H31N3O2/c1-23-10-8-15-34(38-23)40-31-20-25(37(2,3)4)16-18-27(31)28-19-17-26(21-32(28)40)42-35-22-30(24-11-6-5-7-12-24)29-13-9-14-33(41)36(29)39-35/h5-22,41H,1-4H3. The zero-order chi connectivity index (χ0) is 29.0. The van der Waals surface area contributed by atoms with Gasteiger partial charge >= 0.3 is 0 Å². The Hall–Kier alpha value is -5.16. The molecule has 0 aliphatic rings. The molecule has 0 spiro atoms. The summed E-state index contributed by atoms with van der Waals surface area (Å²) in [5, 5.41) is 13.8. The Balaban J connectivity index is 1.42. The summed E-state index contributed by atoms with van der Waals surface area (Å²) in [5.41, 5.74) is 6.80. The number of benzene rings is 4. The number of aryl methyl sites for hydroxylation is 1. The first-order chi connectivity index (χ1) is 20.3. The molecule has 1 N–H and O–H groups in total. The molecule has 0 unspecified atom stereocenters. The van der Waals surface area contributed by atoms with E-state index >= 15 is 0 Å². The highest BCUT2D eigenvalue weighted by Gasteiger charge is 2.20. The number of pyridine rings is 2. The summed E-state index contributed by atoms with van der Waals surface area (Å²) in [6.45, 7) is 8.71. The fourth-order valence-electron chi connectivity index (χ4n) is 5.67. The highest BCUT2D eigenvalue weighted by atomic mass is 16.5. The number of fused-ring (bicyclic) bond motifs is 4. The second kappa shape index (κ2) is 9.74. The van der Waals surface area contributed by atoms with Crippen molar-refractivity contribution in [2.75, 3.05) is 0 Å². The Labute approximate surface area is 244 Å². The molecule has 5 heteroatoms. The zero-order valence-corrected chi connectivity index (χ0v) is 24.1. The number of rotatable bonds is 4. The van der Waals surface area contributed by atoms with Gasteiger partial charge in [0.25, 0.3) is 0 Å². The number of aromatic hydroxyl groups is 1. The SMILES string of the molecule is Cc1cccc(-n2c3cc(Oc4cc(-c5ccccc5)c5cccc(O)c5n4)ccc3c3ccc(C(C)(C)C)cc32)n1. The molecule has 7 rings (SSSR count). The van der Waals surface area contributed by atoms with Gasteiger partial charge in [-0.2, -0.15) is 0 Å². The van der Waals surface area contributed by atoms with E-state index in [4.69, 9.17) is 14.7 Å². The fraction of sp³-hybridized carbons (Fsp3) is 0.135. The maximum absolute atomic E-state index is 10.7. The van der Waals surface area contributed by atoms with Crippen molar-refractivity contribution in [3.8, 4) is 34.3 Å². The zero-order valence-electron chi connectivity index (χ0n) is 24.1. The van der Waals surface area contributed by atoms with Crippen LogP contribution in [0.25, 0.3) is 49.7 Å². The van der Waals surface area contributed by atoms with E-state index in [1.807, 2.05) is 79.7 Å². The first-order valence-corrected chi connectivity index (χ1v) is 14.1. The molecule has 0 saturated heterocycles. The van der Waals surface area contributed by atoms with E-state index in [1.54, 1.807) is 6.07 Å². The van der Waals surface area contributed by atoms with Crippen LogP contribution >= 0.6 is 0 Å². The van der Waals surface area contributed by atoms with Gasteiger partial charge in [-0.15, -0.1) is 0 Å². The third kappa shape index (κ3) is 4.44. The number of phenols is 1. The second-order valence-electron chi connectivity index (χ2n) is 11.8. The lowest BCUT2D eigenvalue weighted by molar-refractivity contribution is 0.460. The number of aromatic nitrogens is 3. The van der Waals surface area contributed by atoms with Crippen molar-refractivity contribution in [2.24, 2.45) is 0 Å². The molecule has 0 amide bonds. The molecule has 3 heterocycles. The Morgan fingerprint density at radius 2 is 1.43 bits per heavy atom. The van der Waals surface area contributed by atoms with Gasteiger partial charge in [0.15, 0.2) is 0 Å². The predicted octanol–water partition coefficient (Wildman–Crippen LogP) is 9.50. The van der Waals surface area contributed by atoms with E-state index in [-0.39, 0.29) is 11.2 Å². The molecule has 5 nitrogen and oxygen atoms in total. The maximum atomic E-state index is 10.7. The van der Waals surface area contributed by atoms with Crippen molar-refractivity contribution in [2.45, 2.75) is 33.1 Å².